The minimum Gasteiger partial charge on any atom is -0.356 e. The molecule has 0 fully saturated rings. The molecule has 0 aromatic carbocycles. The minimum atomic E-state index is 0.134. The highest BCUT2D eigenvalue weighted by Crippen LogP contribution is 2.05. The summed E-state index contributed by atoms with van der Waals surface area (Å²) in [5, 5.41) is 2.89. The summed E-state index contributed by atoms with van der Waals surface area (Å²) < 4.78 is 0. The van der Waals surface area contributed by atoms with Crippen LogP contribution in [0.15, 0.2) is 0 Å². The smallest absolute Gasteiger partial charge is 0.220 e. The van der Waals surface area contributed by atoms with Crippen LogP contribution in [0.5, 0.6) is 0 Å². The van der Waals surface area contributed by atoms with Crippen LogP contribution in [0.25, 0.3) is 0 Å². The van der Waals surface area contributed by atoms with Crippen molar-refractivity contribution in [1.82, 2.24) is 5.32 Å². The maximum Gasteiger partial charge on any atom is 0.220 e. The number of halogens is 1. The molecule has 0 bridgehead atoms. The van der Waals surface area contributed by atoms with Crippen LogP contribution in [0.4, 0.5) is 0 Å². The molecule has 0 aromatic rings. The van der Waals surface area contributed by atoms with E-state index in [1.54, 1.807) is 0 Å². The first-order valence-corrected chi connectivity index (χ1v) is 6.03. The summed E-state index contributed by atoms with van der Waals surface area (Å²) in [6, 6.07) is 0. The SMILES string of the molecule is CC(C)CCCCNC(=O)CCCCl. The van der Waals surface area contributed by atoms with Crippen molar-refractivity contribution in [2.24, 2.45) is 5.92 Å². The lowest BCUT2D eigenvalue weighted by Gasteiger charge is -2.05. The van der Waals surface area contributed by atoms with Crippen LogP contribution in [0.2, 0.25) is 0 Å². The van der Waals surface area contributed by atoms with Crippen LogP contribution in [0.3, 0.4) is 0 Å². The quantitative estimate of drug-likeness (QED) is 0.494. The molecule has 0 aliphatic heterocycles. The van der Waals surface area contributed by atoms with E-state index < -0.39 is 0 Å². The summed E-state index contributed by atoms with van der Waals surface area (Å²) in [6.07, 6.45) is 4.88. The van der Waals surface area contributed by atoms with Gasteiger partial charge in [0.05, 0.1) is 0 Å². The van der Waals surface area contributed by atoms with Crippen LogP contribution >= 0.6 is 11.6 Å². The van der Waals surface area contributed by atoms with E-state index in [4.69, 9.17) is 11.6 Å². The first-order chi connectivity index (χ1) is 6.66. The highest BCUT2D eigenvalue weighted by molar-refractivity contribution is 6.17. The van der Waals surface area contributed by atoms with Gasteiger partial charge in [0, 0.05) is 18.8 Å². The Bertz CT molecular complexity index is 148. The minimum absolute atomic E-state index is 0.134. The fraction of sp³-hybridized carbons (Fsp3) is 0.909. The second kappa shape index (κ2) is 9.32. The van der Waals surface area contributed by atoms with Crippen molar-refractivity contribution < 1.29 is 4.79 Å². The second-order valence-electron chi connectivity index (χ2n) is 4.03. The summed E-state index contributed by atoms with van der Waals surface area (Å²) >= 11 is 5.48. The molecule has 0 aromatic heterocycles. The standard InChI is InChI=1S/C11H22ClNO/c1-10(2)6-3-4-9-13-11(14)7-5-8-12/h10H,3-9H2,1-2H3,(H,13,14). The van der Waals surface area contributed by atoms with Crippen LogP contribution in [-0.2, 0) is 4.79 Å². The molecule has 1 N–H and O–H groups in total. The van der Waals surface area contributed by atoms with Crippen molar-refractivity contribution in [2.45, 2.75) is 46.0 Å². The van der Waals surface area contributed by atoms with Crippen molar-refractivity contribution in [2.75, 3.05) is 12.4 Å². The Balaban J connectivity index is 3.15. The van der Waals surface area contributed by atoms with E-state index in [2.05, 4.69) is 19.2 Å². The molecule has 84 valence electrons. The Morgan fingerprint density at radius 2 is 2.00 bits per heavy atom. The van der Waals surface area contributed by atoms with Crippen LogP contribution < -0.4 is 5.32 Å². The van der Waals surface area contributed by atoms with Gasteiger partial charge in [0.15, 0.2) is 0 Å². The molecule has 3 heteroatoms. The molecule has 0 rings (SSSR count). The van der Waals surface area contributed by atoms with Crippen LogP contribution in [-0.4, -0.2) is 18.3 Å². The Morgan fingerprint density at radius 3 is 2.57 bits per heavy atom. The number of hydrogen-bond donors (Lipinski definition) is 1. The fourth-order valence-electron chi connectivity index (χ4n) is 1.22. The molecule has 0 aliphatic carbocycles. The number of hydrogen-bond acceptors (Lipinski definition) is 1. The molecule has 0 unspecified atom stereocenters. The van der Waals surface area contributed by atoms with E-state index in [1.165, 1.54) is 12.8 Å². The summed E-state index contributed by atoms with van der Waals surface area (Å²) in [4.78, 5) is 11.1. The molecule has 2 nitrogen and oxygen atoms in total. The van der Waals surface area contributed by atoms with Crippen LogP contribution in [0, 0.1) is 5.92 Å². The number of alkyl halides is 1. The van der Waals surface area contributed by atoms with Gasteiger partial charge in [-0.25, -0.2) is 0 Å². The van der Waals surface area contributed by atoms with Gasteiger partial charge < -0.3 is 5.32 Å². The first-order valence-electron chi connectivity index (χ1n) is 5.49. The molecule has 0 atom stereocenters. The van der Waals surface area contributed by atoms with E-state index in [1.807, 2.05) is 0 Å². The second-order valence-corrected chi connectivity index (χ2v) is 4.41. The number of rotatable bonds is 8. The van der Waals surface area contributed by atoms with Crippen molar-refractivity contribution >= 4 is 17.5 Å². The normalized spacial score (nSPS) is 10.6. The topological polar surface area (TPSA) is 29.1 Å². The molecule has 0 aliphatic rings. The summed E-state index contributed by atoms with van der Waals surface area (Å²) in [6.45, 7) is 5.26. The predicted molar refractivity (Wildman–Crippen MR) is 61.7 cm³/mol. The van der Waals surface area contributed by atoms with Crippen molar-refractivity contribution in [1.29, 1.82) is 0 Å². The monoisotopic (exact) mass is 219 g/mol. The largest absolute Gasteiger partial charge is 0.356 e. The lowest BCUT2D eigenvalue weighted by Crippen LogP contribution is -2.24. The highest BCUT2D eigenvalue weighted by atomic mass is 35.5. The third-order valence-electron chi connectivity index (χ3n) is 2.07. The molecule has 0 saturated carbocycles. The number of unbranched alkanes of at least 4 members (excludes halogenated alkanes) is 1. The molecule has 1 amide bonds. The van der Waals surface area contributed by atoms with E-state index in [0.29, 0.717) is 12.3 Å². The molecule has 0 heterocycles. The fourth-order valence-corrected chi connectivity index (χ4v) is 1.35. The number of carbonyl (C=O) groups is 1. The number of amides is 1. The van der Waals surface area contributed by atoms with Crippen LogP contribution in [0.1, 0.15) is 46.0 Å². The van der Waals surface area contributed by atoms with Crippen molar-refractivity contribution in [3.63, 3.8) is 0 Å². The van der Waals surface area contributed by atoms with Gasteiger partial charge >= 0.3 is 0 Å². The van der Waals surface area contributed by atoms with E-state index in [0.717, 1.165) is 25.3 Å². The van der Waals surface area contributed by atoms with Gasteiger partial charge in [0.1, 0.15) is 0 Å². The lowest BCUT2D eigenvalue weighted by atomic mass is 10.1. The lowest BCUT2D eigenvalue weighted by molar-refractivity contribution is -0.121. The van der Waals surface area contributed by atoms with Gasteiger partial charge in [-0.1, -0.05) is 26.7 Å². The summed E-state index contributed by atoms with van der Waals surface area (Å²) in [5.41, 5.74) is 0. The molecular weight excluding hydrogens is 198 g/mol. The van der Waals surface area contributed by atoms with E-state index in [9.17, 15) is 4.79 Å². The third-order valence-corrected chi connectivity index (χ3v) is 2.34. The first kappa shape index (κ1) is 13.8. The van der Waals surface area contributed by atoms with Gasteiger partial charge in [-0.2, -0.15) is 0 Å². The zero-order valence-electron chi connectivity index (χ0n) is 9.31. The number of nitrogens with one attached hydrogen (secondary N) is 1. The third kappa shape index (κ3) is 9.85. The zero-order chi connectivity index (χ0) is 10.8. The molecule has 0 spiro atoms. The van der Waals surface area contributed by atoms with Gasteiger partial charge in [0.25, 0.3) is 0 Å². The highest BCUT2D eigenvalue weighted by Gasteiger charge is 1.99. The average molecular weight is 220 g/mol. The molecule has 14 heavy (non-hydrogen) atoms. The number of carbonyl (C=O) groups excluding carboxylic acids is 1. The average Bonchev–Trinajstić information content (AvgIpc) is 2.13. The maximum absolute atomic E-state index is 11.1. The van der Waals surface area contributed by atoms with Gasteiger partial charge in [-0.05, 0) is 18.8 Å². The Labute approximate surface area is 92.4 Å². The Kier molecular flexibility index (Phi) is 9.16. The predicted octanol–water partition coefficient (Wildman–Crippen LogP) is 2.95. The molecule has 0 radical (unpaired) electrons. The van der Waals surface area contributed by atoms with Gasteiger partial charge in [-0.3, -0.25) is 4.79 Å². The Morgan fingerprint density at radius 1 is 1.29 bits per heavy atom. The van der Waals surface area contributed by atoms with Gasteiger partial charge in [-0.15, -0.1) is 11.6 Å². The van der Waals surface area contributed by atoms with E-state index in [-0.39, 0.29) is 5.91 Å². The summed E-state index contributed by atoms with van der Waals surface area (Å²) in [7, 11) is 0. The van der Waals surface area contributed by atoms with E-state index >= 15 is 0 Å². The van der Waals surface area contributed by atoms with Crippen molar-refractivity contribution in [3.8, 4) is 0 Å². The Hall–Kier alpha value is -0.240. The van der Waals surface area contributed by atoms with Crippen molar-refractivity contribution in [3.05, 3.63) is 0 Å². The molecule has 0 saturated heterocycles. The zero-order valence-corrected chi connectivity index (χ0v) is 10.1. The summed E-state index contributed by atoms with van der Waals surface area (Å²) in [5.74, 6) is 1.47. The molecular formula is C11H22ClNO. The maximum atomic E-state index is 11.1. The van der Waals surface area contributed by atoms with Gasteiger partial charge in [0.2, 0.25) is 5.91 Å².